The number of benzene rings is 1. The lowest BCUT2D eigenvalue weighted by Gasteiger charge is -2.09. The van der Waals surface area contributed by atoms with E-state index in [9.17, 15) is 5.11 Å². The zero-order chi connectivity index (χ0) is 12.4. The largest absolute Gasteiger partial charge is 0.502 e. The Labute approximate surface area is 97.5 Å². The molecule has 0 aliphatic rings. The number of phenols is 1. The van der Waals surface area contributed by atoms with E-state index in [0.29, 0.717) is 22.8 Å². The molecular formula is C11H12N2O4. The van der Waals surface area contributed by atoms with Crippen LogP contribution in [0.4, 0.5) is 5.88 Å². The number of nitrogens with zero attached hydrogens (tertiary/aromatic N) is 1. The van der Waals surface area contributed by atoms with Crippen LogP contribution in [0.1, 0.15) is 0 Å². The summed E-state index contributed by atoms with van der Waals surface area (Å²) >= 11 is 0. The molecule has 0 spiro atoms. The Morgan fingerprint density at radius 1 is 1.18 bits per heavy atom. The van der Waals surface area contributed by atoms with Crippen molar-refractivity contribution in [3.05, 3.63) is 18.2 Å². The van der Waals surface area contributed by atoms with Crippen molar-refractivity contribution in [2.75, 3.05) is 20.0 Å². The lowest BCUT2D eigenvalue weighted by molar-refractivity contribution is 0.340. The van der Waals surface area contributed by atoms with Gasteiger partial charge < -0.3 is 24.8 Å². The second-order valence-corrected chi connectivity index (χ2v) is 3.34. The molecule has 3 N–H and O–H groups in total. The summed E-state index contributed by atoms with van der Waals surface area (Å²) in [5.74, 6) is 0.739. The maximum absolute atomic E-state index is 9.75. The number of hydrogen-bond acceptors (Lipinski definition) is 6. The number of ether oxygens (including phenoxy) is 2. The highest BCUT2D eigenvalue weighted by Crippen LogP contribution is 2.40. The van der Waals surface area contributed by atoms with Crippen LogP contribution >= 0.6 is 0 Å². The molecule has 6 nitrogen and oxygen atoms in total. The van der Waals surface area contributed by atoms with E-state index in [0.717, 1.165) is 0 Å². The minimum atomic E-state index is -0.0600. The molecule has 0 saturated heterocycles. The first-order valence-electron chi connectivity index (χ1n) is 4.83. The molecular weight excluding hydrogens is 224 g/mol. The van der Waals surface area contributed by atoms with E-state index in [2.05, 4.69) is 5.16 Å². The Kier molecular flexibility index (Phi) is 2.78. The van der Waals surface area contributed by atoms with Crippen LogP contribution in [-0.4, -0.2) is 24.5 Å². The van der Waals surface area contributed by atoms with Crippen molar-refractivity contribution in [2.45, 2.75) is 0 Å². The molecule has 17 heavy (non-hydrogen) atoms. The van der Waals surface area contributed by atoms with Gasteiger partial charge in [0.15, 0.2) is 11.5 Å². The molecule has 0 bridgehead atoms. The number of nitrogen functional groups attached to an aromatic ring is 1. The van der Waals surface area contributed by atoms with Crippen molar-refractivity contribution < 1.29 is 19.1 Å². The highest BCUT2D eigenvalue weighted by molar-refractivity contribution is 5.69. The van der Waals surface area contributed by atoms with Crippen LogP contribution in [0, 0.1) is 0 Å². The Balaban J connectivity index is 2.55. The van der Waals surface area contributed by atoms with E-state index >= 15 is 0 Å². The molecule has 0 atom stereocenters. The van der Waals surface area contributed by atoms with Crippen molar-refractivity contribution in [1.82, 2.24) is 5.16 Å². The van der Waals surface area contributed by atoms with Crippen LogP contribution < -0.4 is 15.2 Å². The molecule has 0 aliphatic heterocycles. The van der Waals surface area contributed by atoms with Gasteiger partial charge in [0.05, 0.1) is 14.2 Å². The quantitative estimate of drug-likeness (QED) is 0.841. The van der Waals surface area contributed by atoms with Crippen LogP contribution in [0.15, 0.2) is 22.7 Å². The van der Waals surface area contributed by atoms with Gasteiger partial charge in [0.2, 0.25) is 11.6 Å². The molecule has 0 radical (unpaired) electrons. The third-order valence-corrected chi connectivity index (χ3v) is 2.30. The van der Waals surface area contributed by atoms with Crippen molar-refractivity contribution in [1.29, 1.82) is 0 Å². The number of phenolic OH excluding ortho intramolecular Hbond substituents is 1. The molecule has 6 heteroatoms. The number of rotatable bonds is 3. The van der Waals surface area contributed by atoms with Crippen LogP contribution in [0.2, 0.25) is 0 Å². The van der Waals surface area contributed by atoms with Crippen molar-refractivity contribution in [3.63, 3.8) is 0 Å². The zero-order valence-corrected chi connectivity index (χ0v) is 9.43. The van der Waals surface area contributed by atoms with Gasteiger partial charge in [-0.1, -0.05) is 5.16 Å². The molecule has 1 aromatic carbocycles. The minimum Gasteiger partial charge on any atom is -0.502 e. The van der Waals surface area contributed by atoms with Gasteiger partial charge in [-0.05, 0) is 12.1 Å². The van der Waals surface area contributed by atoms with Gasteiger partial charge in [-0.3, -0.25) is 0 Å². The predicted octanol–water partition coefficient (Wildman–Crippen LogP) is 1.65. The van der Waals surface area contributed by atoms with Crippen molar-refractivity contribution in [2.24, 2.45) is 0 Å². The molecule has 0 aliphatic carbocycles. The van der Waals surface area contributed by atoms with Crippen LogP contribution in [0.25, 0.3) is 11.3 Å². The first-order valence-corrected chi connectivity index (χ1v) is 4.83. The van der Waals surface area contributed by atoms with Gasteiger partial charge in [-0.15, -0.1) is 0 Å². The van der Waals surface area contributed by atoms with Gasteiger partial charge in [0.1, 0.15) is 5.69 Å². The SMILES string of the molecule is COc1cc(-c2cc(N)on2)cc(OC)c1O. The van der Waals surface area contributed by atoms with Gasteiger partial charge in [-0.25, -0.2) is 0 Å². The topological polar surface area (TPSA) is 90.7 Å². The van der Waals surface area contributed by atoms with Gasteiger partial charge in [-0.2, -0.15) is 0 Å². The normalized spacial score (nSPS) is 10.2. The molecule has 2 rings (SSSR count). The van der Waals surface area contributed by atoms with E-state index in [1.807, 2.05) is 0 Å². The fourth-order valence-corrected chi connectivity index (χ4v) is 1.47. The average Bonchev–Trinajstić information content (AvgIpc) is 2.76. The first kappa shape index (κ1) is 11.1. The average molecular weight is 236 g/mol. The van der Waals surface area contributed by atoms with E-state index in [1.165, 1.54) is 14.2 Å². The molecule has 0 saturated carbocycles. The van der Waals surface area contributed by atoms with Crippen LogP contribution in [0.5, 0.6) is 17.2 Å². The lowest BCUT2D eigenvalue weighted by atomic mass is 10.1. The smallest absolute Gasteiger partial charge is 0.222 e. The second-order valence-electron chi connectivity index (χ2n) is 3.34. The predicted molar refractivity (Wildman–Crippen MR) is 61.1 cm³/mol. The fourth-order valence-electron chi connectivity index (χ4n) is 1.47. The number of aromatic hydroxyl groups is 1. The first-order chi connectivity index (χ1) is 8.15. The molecule has 0 amide bonds. The maximum Gasteiger partial charge on any atom is 0.222 e. The van der Waals surface area contributed by atoms with E-state index in [4.69, 9.17) is 19.7 Å². The Morgan fingerprint density at radius 2 is 1.76 bits per heavy atom. The summed E-state index contributed by atoms with van der Waals surface area (Å²) in [6.45, 7) is 0. The molecule has 1 aromatic heterocycles. The summed E-state index contributed by atoms with van der Waals surface area (Å²) < 4.78 is 14.9. The molecule has 90 valence electrons. The number of anilines is 1. The lowest BCUT2D eigenvalue weighted by Crippen LogP contribution is -1.90. The third-order valence-electron chi connectivity index (χ3n) is 2.30. The van der Waals surface area contributed by atoms with E-state index < -0.39 is 0 Å². The van der Waals surface area contributed by atoms with Gasteiger partial charge in [0, 0.05) is 11.6 Å². The summed E-state index contributed by atoms with van der Waals surface area (Å²) in [5.41, 5.74) is 6.66. The third kappa shape index (κ3) is 1.96. The molecule has 2 aromatic rings. The van der Waals surface area contributed by atoms with Gasteiger partial charge in [0.25, 0.3) is 0 Å². The van der Waals surface area contributed by atoms with Crippen LogP contribution in [-0.2, 0) is 0 Å². The highest BCUT2D eigenvalue weighted by atomic mass is 16.5. The number of aromatic nitrogens is 1. The highest BCUT2D eigenvalue weighted by Gasteiger charge is 2.14. The summed E-state index contributed by atoms with van der Waals surface area (Å²) in [6, 6.07) is 4.82. The molecule has 0 fully saturated rings. The van der Waals surface area contributed by atoms with Crippen LogP contribution in [0.3, 0.4) is 0 Å². The number of hydrogen-bond donors (Lipinski definition) is 2. The standard InChI is InChI=1S/C11H12N2O4/c1-15-8-3-6(4-9(16-2)11(8)14)7-5-10(12)17-13-7/h3-5,14H,12H2,1-2H3. The summed E-state index contributed by atoms with van der Waals surface area (Å²) in [6.07, 6.45) is 0. The van der Waals surface area contributed by atoms with E-state index in [-0.39, 0.29) is 11.6 Å². The Bertz CT molecular complexity index is 511. The summed E-state index contributed by atoms with van der Waals surface area (Å²) in [7, 11) is 2.91. The second kappa shape index (κ2) is 4.25. The minimum absolute atomic E-state index is 0.0600. The Hall–Kier alpha value is -2.37. The Morgan fingerprint density at radius 3 is 2.18 bits per heavy atom. The van der Waals surface area contributed by atoms with Crippen molar-refractivity contribution >= 4 is 5.88 Å². The monoisotopic (exact) mass is 236 g/mol. The van der Waals surface area contributed by atoms with E-state index in [1.54, 1.807) is 18.2 Å². The summed E-state index contributed by atoms with van der Waals surface area (Å²) in [4.78, 5) is 0. The maximum atomic E-state index is 9.75. The number of nitrogens with two attached hydrogens (primary N) is 1. The summed E-state index contributed by atoms with van der Waals surface area (Å²) in [5, 5.41) is 13.5. The molecule has 1 heterocycles. The van der Waals surface area contributed by atoms with Gasteiger partial charge >= 0.3 is 0 Å². The number of methoxy groups -OCH3 is 2. The molecule has 0 unspecified atom stereocenters. The zero-order valence-electron chi connectivity index (χ0n) is 9.43. The van der Waals surface area contributed by atoms with Crippen molar-refractivity contribution in [3.8, 4) is 28.5 Å². The fraction of sp³-hybridized carbons (Fsp3) is 0.182.